The molecule has 1 saturated carbocycles. The second-order valence-electron chi connectivity index (χ2n) is 9.89. The van der Waals surface area contributed by atoms with Crippen LogP contribution in [-0.2, 0) is 14.3 Å². The number of esters is 1. The van der Waals surface area contributed by atoms with Crippen molar-refractivity contribution in [2.45, 2.75) is 91.5 Å². The topological polar surface area (TPSA) is 51.7 Å². The Kier molecular flexibility index (Phi) is 6.64. The Morgan fingerprint density at radius 3 is 2.31 bits per heavy atom. The van der Waals surface area contributed by atoms with E-state index in [1.807, 2.05) is 47.7 Å². The van der Waals surface area contributed by atoms with Crippen molar-refractivity contribution in [3.05, 3.63) is 21.9 Å². The number of piperidine rings is 1. The molecule has 2 heterocycles. The maximum Gasteiger partial charge on any atom is 0.340 e. The predicted molar refractivity (Wildman–Crippen MR) is 119 cm³/mol. The van der Waals surface area contributed by atoms with Crippen LogP contribution < -0.4 is 4.90 Å². The van der Waals surface area contributed by atoms with Crippen LogP contribution >= 0.6 is 15.9 Å². The van der Waals surface area contributed by atoms with Gasteiger partial charge in [-0.25, -0.2) is 4.79 Å². The number of pyridine rings is 1. The zero-order valence-corrected chi connectivity index (χ0v) is 20.3. The number of rotatable bonds is 5. The Morgan fingerprint density at radius 1 is 1.21 bits per heavy atom. The third-order valence-corrected chi connectivity index (χ3v) is 6.68. The fraction of sp³-hybridized carbons (Fsp3) is 0.739. The quantitative estimate of drug-likeness (QED) is 0.518. The Bertz CT molecular complexity index is 743. The second kappa shape index (κ2) is 8.54. The molecule has 1 atom stereocenters. The number of hydrogen-bond donors (Lipinski definition) is 0. The van der Waals surface area contributed by atoms with Gasteiger partial charge in [-0.2, -0.15) is 0 Å². The van der Waals surface area contributed by atoms with Gasteiger partial charge >= 0.3 is 5.97 Å². The SMILES string of the molecule is Cc1ncc(Br)c(N2CCC3(CCC3)CC2)c1[C@H](OC(C)(C)C)C(=O)OC(C)C. The van der Waals surface area contributed by atoms with E-state index in [0.29, 0.717) is 5.41 Å². The van der Waals surface area contributed by atoms with E-state index in [1.54, 1.807) is 0 Å². The average molecular weight is 467 g/mol. The molecule has 0 amide bonds. The van der Waals surface area contributed by atoms with E-state index in [9.17, 15) is 4.79 Å². The second-order valence-corrected chi connectivity index (χ2v) is 10.7. The highest BCUT2D eigenvalue weighted by atomic mass is 79.9. The Labute approximate surface area is 183 Å². The van der Waals surface area contributed by atoms with Crippen LogP contribution in [0.15, 0.2) is 10.7 Å². The van der Waals surface area contributed by atoms with Gasteiger partial charge in [-0.1, -0.05) is 6.42 Å². The monoisotopic (exact) mass is 466 g/mol. The molecule has 1 aromatic rings. The van der Waals surface area contributed by atoms with Crippen molar-refractivity contribution in [2.75, 3.05) is 18.0 Å². The minimum Gasteiger partial charge on any atom is -0.461 e. The van der Waals surface area contributed by atoms with Crippen LogP contribution in [0.25, 0.3) is 0 Å². The molecule has 0 bridgehead atoms. The number of nitrogens with zero attached hydrogens (tertiary/aromatic N) is 2. The minimum atomic E-state index is -0.808. The predicted octanol–water partition coefficient (Wildman–Crippen LogP) is 5.73. The van der Waals surface area contributed by atoms with Gasteiger partial charge in [0, 0.05) is 30.5 Å². The van der Waals surface area contributed by atoms with Crippen LogP contribution in [0, 0.1) is 12.3 Å². The van der Waals surface area contributed by atoms with Crippen molar-refractivity contribution in [1.82, 2.24) is 4.98 Å². The standard InChI is InChI=1S/C23H35BrN2O3/c1-15(2)28-21(27)20(29-22(4,5)6)18-16(3)25-14-17(24)19(18)26-12-10-23(11-13-26)8-7-9-23/h14-15,20H,7-13H2,1-6H3/t20-/m0/s1. The number of ether oxygens (including phenoxy) is 2. The molecule has 1 aliphatic carbocycles. The smallest absolute Gasteiger partial charge is 0.340 e. The number of carbonyl (C=O) groups excluding carboxylic acids is 1. The summed E-state index contributed by atoms with van der Waals surface area (Å²) >= 11 is 3.71. The molecule has 0 unspecified atom stereocenters. The maximum absolute atomic E-state index is 13.1. The summed E-state index contributed by atoms with van der Waals surface area (Å²) in [5, 5.41) is 0. The lowest BCUT2D eigenvalue weighted by Crippen LogP contribution is -2.44. The fourth-order valence-electron chi connectivity index (χ4n) is 4.47. The number of halogens is 1. The van der Waals surface area contributed by atoms with Crippen LogP contribution in [0.3, 0.4) is 0 Å². The van der Waals surface area contributed by atoms with Crippen molar-refractivity contribution < 1.29 is 14.3 Å². The lowest BCUT2D eigenvalue weighted by Gasteiger charge is -2.49. The van der Waals surface area contributed by atoms with Crippen molar-refractivity contribution >= 4 is 27.6 Å². The summed E-state index contributed by atoms with van der Waals surface area (Å²) in [6, 6.07) is 0. The van der Waals surface area contributed by atoms with Gasteiger partial charge in [-0.3, -0.25) is 4.98 Å². The van der Waals surface area contributed by atoms with Gasteiger partial charge in [0.15, 0.2) is 6.10 Å². The molecular formula is C23H35BrN2O3. The number of carbonyl (C=O) groups is 1. The molecule has 1 aliphatic heterocycles. The number of hydrogen-bond acceptors (Lipinski definition) is 5. The van der Waals surface area contributed by atoms with Crippen molar-refractivity contribution in [1.29, 1.82) is 0 Å². The van der Waals surface area contributed by atoms with E-state index >= 15 is 0 Å². The van der Waals surface area contributed by atoms with Gasteiger partial charge in [0.2, 0.25) is 0 Å². The van der Waals surface area contributed by atoms with Gasteiger partial charge in [0.1, 0.15) is 0 Å². The molecule has 0 aromatic carbocycles. The van der Waals surface area contributed by atoms with Crippen LogP contribution in [0.1, 0.15) is 84.1 Å². The molecule has 0 N–H and O–H groups in total. The molecule has 162 valence electrons. The summed E-state index contributed by atoms with van der Waals surface area (Å²) in [5.41, 5.74) is 2.72. The van der Waals surface area contributed by atoms with Crippen LogP contribution in [0.5, 0.6) is 0 Å². The first-order valence-electron chi connectivity index (χ1n) is 10.8. The molecule has 6 heteroatoms. The molecule has 1 spiro atoms. The summed E-state index contributed by atoms with van der Waals surface area (Å²) < 4.78 is 12.8. The third-order valence-electron chi connectivity index (χ3n) is 6.10. The molecule has 1 aromatic heterocycles. The molecular weight excluding hydrogens is 432 g/mol. The summed E-state index contributed by atoms with van der Waals surface area (Å²) in [4.78, 5) is 20.0. The summed E-state index contributed by atoms with van der Waals surface area (Å²) in [5.74, 6) is -0.355. The van der Waals surface area contributed by atoms with Crippen molar-refractivity contribution in [3.8, 4) is 0 Å². The summed E-state index contributed by atoms with van der Waals surface area (Å²) in [7, 11) is 0. The fourth-order valence-corrected chi connectivity index (χ4v) is 5.04. The Hall–Kier alpha value is -1.14. The number of aromatic nitrogens is 1. The molecule has 3 rings (SSSR count). The van der Waals surface area contributed by atoms with Crippen LogP contribution in [0.4, 0.5) is 5.69 Å². The molecule has 29 heavy (non-hydrogen) atoms. The maximum atomic E-state index is 13.1. The van der Waals surface area contributed by atoms with Crippen LogP contribution in [-0.4, -0.2) is 35.7 Å². The minimum absolute atomic E-state index is 0.203. The van der Waals surface area contributed by atoms with Gasteiger partial charge in [0.05, 0.1) is 21.9 Å². The van der Waals surface area contributed by atoms with Crippen molar-refractivity contribution in [3.63, 3.8) is 0 Å². The largest absolute Gasteiger partial charge is 0.461 e. The van der Waals surface area contributed by atoms with E-state index in [1.165, 1.54) is 32.1 Å². The lowest BCUT2D eigenvalue weighted by molar-refractivity contribution is -0.171. The molecule has 2 fully saturated rings. The van der Waals surface area contributed by atoms with E-state index in [0.717, 1.165) is 34.5 Å². The zero-order valence-electron chi connectivity index (χ0n) is 18.7. The summed E-state index contributed by atoms with van der Waals surface area (Å²) in [6.07, 6.45) is 7.34. The first kappa shape index (κ1) is 22.5. The molecule has 5 nitrogen and oxygen atoms in total. The highest BCUT2D eigenvalue weighted by molar-refractivity contribution is 9.10. The zero-order chi connectivity index (χ0) is 21.4. The third kappa shape index (κ3) is 5.13. The van der Waals surface area contributed by atoms with E-state index in [2.05, 4.69) is 25.8 Å². The first-order chi connectivity index (χ1) is 13.5. The Balaban J connectivity index is 1.99. The van der Waals surface area contributed by atoms with Gasteiger partial charge in [0.25, 0.3) is 0 Å². The Morgan fingerprint density at radius 2 is 1.83 bits per heavy atom. The van der Waals surface area contributed by atoms with Gasteiger partial charge in [-0.15, -0.1) is 0 Å². The van der Waals surface area contributed by atoms with Crippen molar-refractivity contribution in [2.24, 2.45) is 5.41 Å². The molecule has 2 aliphatic rings. The first-order valence-corrected chi connectivity index (χ1v) is 11.6. The van der Waals surface area contributed by atoms with E-state index < -0.39 is 11.7 Å². The van der Waals surface area contributed by atoms with Gasteiger partial charge in [-0.05, 0) is 88.6 Å². The average Bonchev–Trinajstić information content (AvgIpc) is 2.59. The highest BCUT2D eigenvalue weighted by Gasteiger charge is 2.41. The number of anilines is 1. The van der Waals surface area contributed by atoms with E-state index in [4.69, 9.17) is 9.47 Å². The normalized spacial score (nSPS) is 19.9. The van der Waals surface area contributed by atoms with Gasteiger partial charge < -0.3 is 14.4 Å². The summed E-state index contributed by atoms with van der Waals surface area (Å²) in [6.45, 7) is 13.6. The van der Waals surface area contributed by atoms with Crippen LogP contribution in [0.2, 0.25) is 0 Å². The lowest BCUT2D eigenvalue weighted by atomic mass is 9.63. The molecule has 1 saturated heterocycles. The van der Waals surface area contributed by atoms with E-state index in [-0.39, 0.29) is 12.1 Å². The molecule has 0 radical (unpaired) electrons. The number of aryl methyl sites for hydroxylation is 1. The highest BCUT2D eigenvalue weighted by Crippen LogP contribution is 2.50.